The molecular weight excluding hydrogens is 239 g/mol. The number of amides is 1. The van der Waals surface area contributed by atoms with Crippen LogP contribution in [0.25, 0.3) is 0 Å². The Morgan fingerprint density at radius 3 is 2.47 bits per heavy atom. The van der Waals surface area contributed by atoms with Gasteiger partial charge >= 0.3 is 18.1 Å². The number of halogens is 3. The molecule has 0 saturated heterocycles. The Balaban J connectivity index is 2.31. The van der Waals surface area contributed by atoms with E-state index in [1.165, 1.54) is 0 Å². The van der Waals surface area contributed by atoms with Crippen molar-refractivity contribution in [3.8, 4) is 0 Å². The molecule has 1 aliphatic carbocycles. The number of carboxylic acids is 1. The predicted molar refractivity (Wildman–Crippen MR) is 52.2 cm³/mol. The zero-order valence-corrected chi connectivity index (χ0v) is 9.09. The van der Waals surface area contributed by atoms with E-state index in [9.17, 15) is 22.8 Å². The van der Waals surface area contributed by atoms with E-state index in [1.54, 1.807) is 0 Å². The van der Waals surface area contributed by atoms with Gasteiger partial charge in [-0.15, -0.1) is 0 Å². The van der Waals surface area contributed by atoms with Crippen molar-refractivity contribution < 1.29 is 27.9 Å². The minimum atomic E-state index is -4.85. The van der Waals surface area contributed by atoms with Gasteiger partial charge < -0.3 is 10.4 Å². The first-order valence-corrected chi connectivity index (χ1v) is 5.38. The molecule has 1 rings (SSSR count). The van der Waals surface area contributed by atoms with Crippen molar-refractivity contribution in [2.75, 3.05) is 0 Å². The van der Waals surface area contributed by atoms with E-state index in [1.807, 2.05) is 5.32 Å². The summed E-state index contributed by atoms with van der Waals surface area (Å²) in [5, 5.41) is 10.4. The monoisotopic (exact) mass is 253 g/mol. The van der Waals surface area contributed by atoms with Gasteiger partial charge in [0.05, 0.1) is 0 Å². The SMILES string of the molecule is O=C(O)CCC1CCC(NC(=O)C(F)(F)F)C1. The van der Waals surface area contributed by atoms with Gasteiger partial charge in [0.1, 0.15) is 0 Å². The number of nitrogens with one attached hydrogen (secondary N) is 1. The van der Waals surface area contributed by atoms with E-state index in [4.69, 9.17) is 5.11 Å². The average molecular weight is 253 g/mol. The molecule has 98 valence electrons. The molecule has 17 heavy (non-hydrogen) atoms. The summed E-state index contributed by atoms with van der Waals surface area (Å²) < 4.78 is 35.9. The van der Waals surface area contributed by atoms with Gasteiger partial charge in [-0.05, 0) is 31.6 Å². The number of rotatable bonds is 4. The van der Waals surface area contributed by atoms with Gasteiger partial charge in [-0.1, -0.05) is 0 Å². The number of alkyl halides is 3. The fourth-order valence-electron chi connectivity index (χ4n) is 2.06. The van der Waals surface area contributed by atoms with Crippen LogP contribution in [0.1, 0.15) is 32.1 Å². The van der Waals surface area contributed by atoms with Gasteiger partial charge in [-0.3, -0.25) is 9.59 Å². The maximum absolute atomic E-state index is 12.0. The lowest BCUT2D eigenvalue weighted by molar-refractivity contribution is -0.174. The molecule has 2 N–H and O–H groups in total. The first-order valence-electron chi connectivity index (χ1n) is 5.38. The molecule has 2 unspecified atom stereocenters. The molecule has 0 spiro atoms. The fourth-order valence-corrected chi connectivity index (χ4v) is 2.06. The Bertz CT molecular complexity index is 304. The third-order valence-corrected chi connectivity index (χ3v) is 2.90. The zero-order chi connectivity index (χ0) is 13.1. The topological polar surface area (TPSA) is 66.4 Å². The molecule has 1 amide bonds. The molecule has 1 aliphatic rings. The van der Waals surface area contributed by atoms with Crippen molar-refractivity contribution in [3.05, 3.63) is 0 Å². The highest BCUT2D eigenvalue weighted by Gasteiger charge is 2.40. The van der Waals surface area contributed by atoms with Crippen molar-refractivity contribution in [2.24, 2.45) is 5.92 Å². The number of aliphatic carboxylic acids is 1. The van der Waals surface area contributed by atoms with Gasteiger partial charge in [0, 0.05) is 12.5 Å². The van der Waals surface area contributed by atoms with Crippen LogP contribution >= 0.6 is 0 Å². The second-order valence-corrected chi connectivity index (χ2v) is 4.28. The predicted octanol–water partition coefficient (Wildman–Crippen LogP) is 1.70. The summed E-state index contributed by atoms with van der Waals surface area (Å²) in [4.78, 5) is 21.0. The molecular formula is C10H14F3NO3. The molecule has 0 heterocycles. The van der Waals surface area contributed by atoms with E-state index in [2.05, 4.69) is 0 Å². The van der Waals surface area contributed by atoms with Crippen molar-refractivity contribution in [3.63, 3.8) is 0 Å². The van der Waals surface area contributed by atoms with Crippen molar-refractivity contribution in [2.45, 2.75) is 44.3 Å². The van der Waals surface area contributed by atoms with Crippen LogP contribution in [0.5, 0.6) is 0 Å². The Hall–Kier alpha value is -1.27. The molecule has 4 nitrogen and oxygen atoms in total. The average Bonchev–Trinajstić information content (AvgIpc) is 2.61. The van der Waals surface area contributed by atoms with Gasteiger partial charge in [-0.25, -0.2) is 0 Å². The van der Waals surface area contributed by atoms with Gasteiger partial charge in [0.15, 0.2) is 0 Å². The zero-order valence-electron chi connectivity index (χ0n) is 9.09. The third-order valence-electron chi connectivity index (χ3n) is 2.90. The van der Waals surface area contributed by atoms with Crippen LogP contribution in [0.3, 0.4) is 0 Å². The van der Waals surface area contributed by atoms with Crippen LogP contribution in [-0.4, -0.2) is 29.2 Å². The summed E-state index contributed by atoms with van der Waals surface area (Å²) in [6.45, 7) is 0. The van der Waals surface area contributed by atoms with Crippen molar-refractivity contribution in [1.29, 1.82) is 0 Å². The largest absolute Gasteiger partial charge is 0.481 e. The number of carboxylic acid groups (broad SMARTS) is 1. The maximum Gasteiger partial charge on any atom is 0.471 e. The van der Waals surface area contributed by atoms with Crippen LogP contribution < -0.4 is 5.32 Å². The third kappa shape index (κ3) is 4.62. The molecule has 0 radical (unpaired) electrons. The van der Waals surface area contributed by atoms with Crippen molar-refractivity contribution >= 4 is 11.9 Å². The first-order chi connectivity index (χ1) is 7.79. The number of hydrogen-bond donors (Lipinski definition) is 2. The molecule has 7 heteroatoms. The number of carbonyl (C=O) groups is 2. The lowest BCUT2D eigenvalue weighted by Gasteiger charge is -2.14. The van der Waals surface area contributed by atoms with E-state index in [0.717, 1.165) is 0 Å². The van der Waals surface area contributed by atoms with E-state index in [-0.39, 0.29) is 12.3 Å². The summed E-state index contributed by atoms with van der Waals surface area (Å²) in [5.74, 6) is -2.74. The van der Waals surface area contributed by atoms with Crippen LogP contribution in [-0.2, 0) is 9.59 Å². The Labute approximate surface area is 96.2 Å². The van der Waals surface area contributed by atoms with Crippen molar-refractivity contribution in [1.82, 2.24) is 5.32 Å². The van der Waals surface area contributed by atoms with Crippen LogP contribution in [0, 0.1) is 5.92 Å². The van der Waals surface area contributed by atoms with Gasteiger partial charge in [-0.2, -0.15) is 13.2 Å². The minimum absolute atomic E-state index is 0.0185. The van der Waals surface area contributed by atoms with Crippen LogP contribution in [0.4, 0.5) is 13.2 Å². The molecule has 0 bridgehead atoms. The molecule has 2 atom stereocenters. The second-order valence-electron chi connectivity index (χ2n) is 4.28. The highest BCUT2D eigenvalue weighted by atomic mass is 19.4. The van der Waals surface area contributed by atoms with E-state index in [0.29, 0.717) is 25.7 Å². The molecule has 1 saturated carbocycles. The Kier molecular flexibility index (Phi) is 4.36. The second kappa shape index (κ2) is 5.37. The van der Waals surface area contributed by atoms with E-state index < -0.39 is 24.1 Å². The minimum Gasteiger partial charge on any atom is -0.481 e. The lowest BCUT2D eigenvalue weighted by atomic mass is 10.0. The summed E-state index contributed by atoms with van der Waals surface area (Å²) >= 11 is 0. The molecule has 0 aromatic heterocycles. The van der Waals surface area contributed by atoms with Crippen LogP contribution in [0.15, 0.2) is 0 Å². The highest BCUT2D eigenvalue weighted by Crippen LogP contribution is 2.30. The van der Waals surface area contributed by atoms with E-state index >= 15 is 0 Å². The molecule has 0 aromatic rings. The number of hydrogen-bond acceptors (Lipinski definition) is 2. The quantitative estimate of drug-likeness (QED) is 0.801. The summed E-state index contributed by atoms with van der Waals surface area (Å²) in [6.07, 6.45) is -2.81. The lowest BCUT2D eigenvalue weighted by Crippen LogP contribution is -2.42. The Morgan fingerprint density at radius 1 is 1.29 bits per heavy atom. The molecule has 1 fully saturated rings. The smallest absolute Gasteiger partial charge is 0.471 e. The standard InChI is InChI=1S/C10H14F3NO3/c11-10(12,13)9(17)14-7-3-1-6(5-7)2-4-8(15)16/h6-7H,1-5H2,(H,14,17)(H,15,16). The number of carbonyl (C=O) groups excluding carboxylic acids is 1. The van der Waals surface area contributed by atoms with Crippen LogP contribution in [0.2, 0.25) is 0 Å². The summed E-state index contributed by atoms with van der Waals surface area (Å²) in [7, 11) is 0. The molecule has 0 aliphatic heterocycles. The van der Waals surface area contributed by atoms with Gasteiger partial charge in [0.2, 0.25) is 0 Å². The Morgan fingerprint density at radius 2 is 1.94 bits per heavy atom. The fraction of sp³-hybridized carbons (Fsp3) is 0.800. The summed E-state index contributed by atoms with van der Waals surface area (Å²) in [6, 6.07) is -0.483. The molecule has 0 aromatic carbocycles. The van der Waals surface area contributed by atoms with Gasteiger partial charge in [0.25, 0.3) is 0 Å². The maximum atomic E-state index is 12.0. The first kappa shape index (κ1) is 13.8. The highest BCUT2D eigenvalue weighted by molar-refractivity contribution is 5.81. The summed E-state index contributed by atoms with van der Waals surface area (Å²) in [5.41, 5.74) is 0. The normalized spacial score (nSPS) is 24.6.